The van der Waals surface area contributed by atoms with Crippen LogP contribution in [0, 0.1) is 0 Å². The van der Waals surface area contributed by atoms with Gasteiger partial charge in [-0.1, -0.05) is 6.07 Å². The van der Waals surface area contributed by atoms with Crippen LogP contribution in [0.2, 0.25) is 0 Å². The van der Waals surface area contributed by atoms with E-state index in [-0.39, 0.29) is 0 Å². The summed E-state index contributed by atoms with van der Waals surface area (Å²) in [6.07, 6.45) is 0. The van der Waals surface area contributed by atoms with E-state index in [1.807, 2.05) is 25.2 Å². The van der Waals surface area contributed by atoms with E-state index in [0.717, 1.165) is 15.4 Å². The predicted molar refractivity (Wildman–Crippen MR) is 52.8 cm³/mol. The Morgan fingerprint density at radius 2 is 2.25 bits per heavy atom. The first-order valence-corrected chi connectivity index (χ1v) is 4.36. The zero-order valence-electron chi connectivity index (χ0n) is 6.58. The molecule has 1 heterocycles. The van der Waals surface area contributed by atoms with Gasteiger partial charge in [0.1, 0.15) is 11.3 Å². The Balaban J connectivity index is 2.95. The number of nitrogens with zero attached hydrogens (tertiary/aromatic N) is 2. The highest BCUT2D eigenvalue weighted by Crippen LogP contribution is 2.26. The molecule has 0 unspecified atom stereocenters. The summed E-state index contributed by atoms with van der Waals surface area (Å²) in [4.78, 5) is 0. The summed E-state index contributed by atoms with van der Waals surface area (Å²) < 4.78 is 2.66. The quantitative estimate of drug-likeness (QED) is 0.745. The molecule has 0 aliphatic carbocycles. The van der Waals surface area contributed by atoms with Crippen molar-refractivity contribution in [3.05, 3.63) is 22.7 Å². The Labute approximate surface area is 78.3 Å². The molecule has 0 saturated carbocycles. The molecule has 0 atom stereocenters. The number of halogens is 1. The van der Waals surface area contributed by atoms with E-state index >= 15 is 0 Å². The first-order chi connectivity index (χ1) is 5.70. The fourth-order valence-corrected chi connectivity index (χ4v) is 1.65. The zero-order valence-corrected chi connectivity index (χ0v) is 8.17. The monoisotopic (exact) mass is 225 g/mol. The van der Waals surface area contributed by atoms with Crippen LogP contribution in [-0.4, -0.2) is 9.78 Å². The topological polar surface area (TPSA) is 43.8 Å². The maximum Gasteiger partial charge on any atom is 0.129 e. The van der Waals surface area contributed by atoms with Gasteiger partial charge in [-0.3, -0.25) is 4.68 Å². The van der Waals surface area contributed by atoms with Gasteiger partial charge in [0.15, 0.2) is 0 Å². The van der Waals surface area contributed by atoms with Gasteiger partial charge in [0.2, 0.25) is 0 Å². The summed E-state index contributed by atoms with van der Waals surface area (Å²) in [5.74, 6) is 0.700. The number of anilines is 1. The number of hydrogen-bond donors (Lipinski definition) is 1. The number of aromatic nitrogens is 2. The number of nitrogen functional groups attached to an aromatic ring is 1. The van der Waals surface area contributed by atoms with Gasteiger partial charge in [0.25, 0.3) is 0 Å². The van der Waals surface area contributed by atoms with Crippen LogP contribution >= 0.6 is 15.9 Å². The maximum atomic E-state index is 5.79. The molecule has 2 N–H and O–H groups in total. The van der Waals surface area contributed by atoms with Crippen molar-refractivity contribution >= 4 is 32.7 Å². The van der Waals surface area contributed by atoms with E-state index in [0.29, 0.717) is 5.82 Å². The third-order valence-corrected chi connectivity index (χ3v) is 2.50. The number of hydrogen-bond acceptors (Lipinski definition) is 2. The lowest BCUT2D eigenvalue weighted by Crippen LogP contribution is -1.96. The molecule has 0 bridgehead atoms. The minimum atomic E-state index is 0.700. The third kappa shape index (κ3) is 0.914. The molecule has 1 aromatic heterocycles. The Kier molecular flexibility index (Phi) is 1.58. The molecule has 4 heteroatoms. The molecule has 62 valence electrons. The SMILES string of the molecule is Cn1nc2c(Br)cccc2c1N. The molecule has 0 saturated heterocycles. The van der Waals surface area contributed by atoms with Crippen LogP contribution in [0.15, 0.2) is 22.7 Å². The average molecular weight is 226 g/mol. The standard InChI is InChI=1S/C8H8BrN3/c1-12-8(10)5-3-2-4-6(9)7(5)11-12/h2-4H,10H2,1H3. The second-order valence-corrected chi connectivity index (χ2v) is 3.50. The second-order valence-electron chi connectivity index (χ2n) is 2.64. The fraction of sp³-hybridized carbons (Fsp3) is 0.125. The molecule has 0 amide bonds. The normalized spacial score (nSPS) is 10.8. The van der Waals surface area contributed by atoms with Gasteiger partial charge in [0, 0.05) is 16.9 Å². The van der Waals surface area contributed by atoms with Crippen LogP contribution < -0.4 is 5.73 Å². The van der Waals surface area contributed by atoms with Gasteiger partial charge in [-0.05, 0) is 28.1 Å². The predicted octanol–water partition coefficient (Wildman–Crippen LogP) is 1.92. The summed E-state index contributed by atoms with van der Waals surface area (Å²) in [6.45, 7) is 0. The Bertz CT molecular complexity index is 433. The highest BCUT2D eigenvalue weighted by atomic mass is 79.9. The molecule has 2 aromatic rings. The maximum absolute atomic E-state index is 5.79. The lowest BCUT2D eigenvalue weighted by atomic mass is 10.2. The van der Waals surface area contributed by atoms with Gasteiger partial charge in [0.05, 0.1) is 0 Å². The zero-order chi connectivity index (χ0) is 8.72. The Morgan fingerprint density at radius 3 is 2.92 bits per heavy atom. The van der Waals surface area contributed by atoms with Gasteiger partial charge >= 0.3 is 0 Å². The lowest BCUT2D eigenvalue weighted by molar-refractivity contribution is 0.791. The van der Waals surface area contributed by atoms with Crippen LogP contribution in [0.1, 0.15) is 0 Å². The summed E-state index contributed by atoms with van der Waals surface area (Å²) >= 11 is 3.41. The molecule has 0 aliphatic heterocycles. The van der Waals surface area contributed by atoms with E-state index in [1.165, 1.54) is 0 Å². The minimum Gasteiger partial charge on any atom is -0.383 e. The first-order valence-electron chi connectivity index (χ1n) is 3.57. The number of benzene rings is 1. The van der Waals surface area contributed by atoms with Crippen molar-refractivity contribution < 1.29 is 0 Å². The van der Waals surface area contributed by atoms with Crippen molar-refractivity contribution in [3.8, 4) is 0 Å². The summed E-state index contributed by atoms with van der Waals surface area (Å²) in [5, 5.41) is 5.25. The van der Waals surface area contributed by atoms with Crippen molar-refractivity contribution in [1.82, 2.24) is 9.78 Å². The van der Waals surface area contributed by atoms with Crippen molar-refractivity contribution in [1.29, 1.82) is 0 Å². The molecule has 3 nitrogen and oxygen atoms in total. The van der Waals surface area contributed by atoms with Gasteiger partial charge in [-0.25, -0.2) is 0 Å². The van der Waals surface area contributed by atoms with Crippen LogP contribution in [-0.2, 0) is 7.05 Å². The van der Waals surface area contributed by atoms with Gasteiger partial charge < -0.3 is 5.73 Å². The molecule has 0 fully saturated rings. The fourth-order valence-electron chi connectivity index (χ4n) is 1.20. The van der Waals surface area contributed by atoms with Crippen LogP contribution in [0.3, 0.4) is 0 Å². The van der Waals surface area contributed by atoms with Crippen LogP contribution in [0.5, 0.6) is 0 Å². The summed E-state index contributed by atoms with van der Waals surface area (Å²) in [5.41, 5.74) is 6.70. The van der Waals surface area contributed by atoms with E-state index in [4.69, 9.17) is 5.73 Å². The van der Waals surface area contributed by atoms with Crippen LogP contribution in [0.25, 0.3) is 10.9 Å². The third-order valence-electron chi connectivity index (χ3n) is 1.86. The van der Waals surface area contributed by atoms with Gasteiger partial charge in [-0.15, -0.1) is 0 Å². The largest absolute Gasteiger partial charge is 0.383 e. The summed E-state index contributed by atoms with van der Waals surface area (Å²) in [7, 11) is 1.84. The Morgan fingerprint density at radius 1 is 1.50 bits per heavy atom. The van der Waals surface area contributed by atoms with E-state index in [9.17, 15) is 0 Å². The number of fused-ring (bicyclic) bond motifs is 1. The molecule has 0 aliphatic rings. The lowest BCUT2D eigenvalue weighted by Gasteiger charge is -1.91. The van der Waals surface area contributed by atoms with Crippen molar-refractivity contribution in [3.63, 3.8) is 0 Å². The van der Waals surface area contributed by atoms with E-state index in [1.54, 1.807) is 4.68 Å². The van der Waals surface area contributed by atoms with E-state index < -0.39 is 0 Å². The number of nitrogens with two attached hydrogens (primary N) is 1. The highest BCUT2D eigenvalue weighted by Gasteiger charge is 2.06. The van der Waals surface area contributed by atoms with Crippen LogP contribution in [0.4, 0.5) is 5.82 Å². The number of rotatable bonds is 0. The smallest absolute Gasteiger partial charge is 0.129 e. The molecular formula is C8H8BrN3. The Hall–Kier alpha value is -1.03. The second kappa shape index (κ2) is 2.48. The van der Waals surface area contributed by atoms with E-state index in [2.05, 4.69) is 21.0 Å². The minimum absolute atomic E-state index is 0.700. The van der Waals surface area contributed by atoms with Crippen molar-refractivity contribution in [2.45, 2.75) is 0 Å². The van der Waals surface area contributed by atoms with Gasteiger partial charge in [-0.2, -0.15) is 5.10 Å². The average Bonchev–Trinajstić information content (AvgIpc) is 2.32. The molecule has 0 radical (unpaired) electrons. The molecule has 12 heavy (non-hydrogen) atoms. The van der Waals surface area contributed by atoms with Crippen molar-refractivity contribution in [2.24, 2.45) is 7.05 Å². The van der Waals surface area contributed by atoms with Crippen molar-refractivity contribution in [2.75, 3.05) is 5.73 Å². The molecular weight excluding hydrogens is 218 g/mol. The molecule has 1 aromatic carbocycles. The molecule has 0 spiro atoms. The summed E-state index contributed by atoms with van der Waals surface area (Å²) in [6, 6.07) is 5.86. The number of aryl methyl sites for hydroxylation is 1. The highest BCUT2D eigenvalue weighted by molar-refractivity contribution is 9.10. The first kappa shape index (κ1) is 7.61. The molecule has 2 rings (SSSR count).